The van der Waals surface area contributed by atoms with Crippen molar-refractivity contribution in [2.24, 2.45) is 0 Å². The van der Waals surface area contributed by atoms with Gasteiger partial charge in [-0.05, 0) is 55.3 Å². The van der Waals surface area contributed by atoms with Gasteiger partial charge in [0.1, 0.15) is 5.82 Å². The highest BCUT2D eigenvalue weighted by atomic mass is 32.2. The Bertz CT molecular complexity index is 716. The number of benzene rings is 1. The number of aromatic nitrogens is 2. The Morgan fingerprint density at radius 3 is 2.64 bits per heavy atom. The van der Waals surface area contributed by atoms with Crippen LogP contribution in [0.5, 0.6) is 0 Å². The van der Waals surface area contributed by atoms with Crippen molar-refractivity contribution in [2.45, 2.75) is 76.6 Å². The molecule has 0 unspecified atom stereocenters. The van der Waals surface area contributed by atoms with Crippen LogP contribution >= 0.6 is 11.8 Å². The van der Waals surface area contributed by atoms with Crippen molar-refractivity contribution in [2.75, 3.05) is 5.75 Å². The van der Waals surface area contributed by atoms with Gasteiger partial charge >= 0.3 is 0 Å². The predicted octanol–water partition coefficient (Wildman–Crippen LogP) is 5.84. The summed E-state index contributed by atoms with van der Waals surface area (Å²) in [7, 11) is -1.76. The maximum absolute atomic E-state index is 6.46. The van der Waals surface area contributed by atoms with E-state index >= 15 is 0 Å². The summed E-state index contributed by atoms with van der Waals surface area (Å²) < 4.78 is 8.84. The highest BCUT2D eigenvalue weighted by Gasteiger charge is 2.37. The summed E-state index contributed by atoms with van der Waals surface area (Å²) >= 11 is 2.14. The minimum atomic E-state index is -1.76. The molecule has 0 amide bonds. The average Bonchev–Trinajstić information content (AvgIpc) is 3.29. The number of thioether (sulfide) groups is 1. The third-order valence-electron chi connectivity index (χ3n) is 5.51. The number of imidazole rings is 1. The lowest BCUT2D eigenvalue weighted by Crippen LogP contribution is -2.40. The molecule has 2 aromatic rings. The van der Waals surface area contributed by atoms with Crippen LogP contribution in [-0.4, -0.2) is 28.9 Å². The Hall–Kier alpha value is -0.783. The number of nitrogens with zero attached hydrogens (tertiary/aromatic N) is 2. The standard InChI is InChI=1S/C20H32N2OSSi/c1-20(2,3)25(4,5)23-15-19-21-17-9-6-7-10-18(17)22(19)13-8-14-24-16-11-12-16/h6-7,9-10,16H,8,11-15H2,1-5H3. The van der Waals surface area contributed by atoms with Crippen molar-refractivity contribution in [3.63, 3.8) is 0 Å². The first-order chi connectivity index (χ1) is 11.8. The Labute approximate surface area is 157 Å². The van der Waals surface area contributed by atoms with Gasteiger partial charge < -0.3 is 8.99 Å². The Kier molecular flexibility index (Phi) is 5.66. The minimum absolute atomic E-state index is 0.227. The van der Waals surface area contributed by atoms with E-state index in [2.05, 4.69) is 74.5 Å². The van der Waals surface area contributed by atoms with Crippen molar-refractivity contribution in [3.05, 3.63) is 30.1 Å². The third-order valence-corrected chi connectivity index (χ3v) is 11.5. The van der Waals surface area contributed by atoms with Gasteiger partial charge in [-0.3, -0.25) is 0 Å². The van der Waals surface area contributed by atoms with Gasteiger partial charge in [0.15, 0.2) is 8.32 Å². The van der Waals surface area contributed by atoms with E-state index in [1.807, 2.05) is 0 Å². The van der Waals surface area contributed by atoms with Crippen LogP contribution in [-0.2, 0) is 17.6 Å². The molecule has 138 valence electrons. The molecule has 3 rings (SSSR count). The zero-order chi connectivity index (χ0) is 18.1. The van der Waals surface area contributed by atoms with Crippen molar-refractivity contribution in [1.82, 2.24) is 9.55 Å². The fraction of sp³-hybridized carbons (Fsp3) is 0.650. The van der Waals surface area contributed by atoms with Gasteiger partial charge in [0.2, 0.25) is 0 Å². The molecule has 1 heterocycles. The highest BCUT2D eigenvalue weighted by Crippen LogP contribution is 2.37. The number of rotatable bonds is 8. The molecule has 3 nitrogen and oxygen atoms in total. The largest absolute Gasteiger partial charge is 0.409 e. The lowest BCUT2D eigenvalue weighted by molar-refractivity contribution is 0.262. The molecule has 0 saturated heterocycles. The molecule has 1 aromatic carbocycles. The van der Waals surface area contributed by atoms with E-state index in [0.717, 1.165) is 23.1 Å². The second-order valence-electron chi connectivity index (χ2n) is 8.64. The average molecular weight is 377 g/mol. The van der Waals surface area contributed by atoms with E-state index in [-0.39, 0.29) is 5.04 Å². The van der Waals surface area contributed by atoms with Gasteiger partial charge in [0, 0.05) is 11.8 Å². The summed E-state index contributed by atoms with van der Waals surface area (Å²) in [6.45, 7) is 13.2. The van der Waals surface area contributed by atoms with Crippen LogP contribution in [0.4, 0.5) is 0 Å². The van der Waals surface area contributed by atoms with Crippen molar-refractivity contribution in [1.29, 1.82) is 0 Å². The molecular formula is C20H32N2OSSi. The first-order valence-electron chi connectivity index (χ1n) is 9.48. The maximum Gasteiger partial charge on any atom is 0.192 e. The lowest BCUT2D eigenvalue weighted by atomic mass is 10.2. The van der Waals surface area contributed by atoms with Crippen molar-refractivity contribution >= 4 is 31.1 Å². The first kappa shape index (κ1) is 19.0. The number of para-hydroxylation sites is 2. The molecule has 1 aromatic heterocycles. The summed E-state index contributed by atoms with van der Waals surface area (Å²) in [4.78, 5) is 4.88. The molecule has 1 aliphatic rings. The van der Waals surface area contributed by atoms with Crippen LogP contribution in [0.2, 0.25) is 18.1 Å². The number of aryl methyl sites for hydroxylation is 1. The highest BCUT2D eigenvalue weighted by molar-refractivity contribution is 8.00. The second-order valence-corrected chi connectivity index (χ2v) is 14.9. The van der Waals surface area contributed by atoms with Crippen LogP contribution in [0.15, 0.2) is 24.3 Å². The molecule has 0 atom stereocenters. The van der Waals surface area contributed by atoms with Crippen LogP contribution in [0.3, 0.4) is 0 Å². The molecule has 5 heteroatoms. The zero-order valence-corrected chi connectivity index (χ0v) is 18.2. The second kappa shape index (κ2) is 7.45. The first-order valence-corrected chi connectivity index (χ1v) is 13.4. The van der Waals surface area contributed by atoms with E-state index in [4.69, 9.17) is 9.41 Å². The number of fused-ring (bicyclic) bond motifs is 1. The Morgan fingerprint density at radius 2 is 1.96 bits per heavy atom. The molecule has 0 bridgehead atoms. The monoisotopic (exact) mass is 376 g/mol. The van der Waals surface area contributed by atoms with E-state index in [1.54, 1.807) is 0 Å². The molecule has 0 aliphatic heterocycles. The van der Waals surface area contributed by atoms with Crippen LogP contribution in [0.1, 0.15) is 45.9 Å². The molecule has 1 fully saturated rings. The molecule has 25 heavy (non-hydrogen) atoms. The minimum Gasteiger partial charge on any atom is -0.409 e. The van der Waals surface area contributed by atoms with Gasteiger partial charge in [-0.2, -0.15) is 11.8 Å². The molecule has 0 spiro atoms. The van der Waals surface area contributed by atoms with Crippen LogP contribution in [0, 0.1) is 0 Å². The van der Waals surface area contributed by atoms with Gasteiger partial charge in [0.25, 0.3) is 0 Å². The molecule has 1 aliphatic carbocycles. The molecule has 0 radical (unpaired) electrons. The molecular weight excluding hydrogens is 344 g/mol. The topological polar surface area (TPSA) is 27.1 Å². The third kappa shape index (κ3) is 4.69. The van der Waals surface area contributed by atoms with Crippen molar-refractivity contribution < 1.29 is 4.43 Å². The van der Waals surface area contributed by atoms with E-state index in [9.17, 15) is 0 Å². The smallest absolute Gasteiger partial charge is 0.192 e. The quantitative estimate of drug-likeness (QED) is 0.427. The molecule has 0 N–H and O–H groups in total. The van der Waals surface area contributed by atoms with E-state index in [1.165, 1.54) is 30.5 Å². The summed E-state index contributed by atoms with van der Waals surface area (Å²) in [5, 5.41) is 1.17. The Balaban J connectivity index is 1.72. The van der Waals surface area contributed by atoms with Gasteiger partial charge in [-0.15, -0.1) is 0 Å². The van der Waals surface area contributed by atoms with E-state index in [0.29, 0.717) is 6.61 Å². The van der Waals surface area contributed by atoms with Crippen LogP contribution in [0.25, 0.3) is 11.0 Å². The fourth-order valence-electron chi connectivity index (χ4n) is 2.65. The van der Waals surface area contributed by atoms with E-state index < -0.39 is 8.32 Å². The van der Waals surface area contributed by atoms with Gasteiger partial charge in [-0.25, -0.2) is 4.98 Å². The van der Waals surface area contributed by atoms with Gasteiger partial charge in [-0.1, -0.05) is 32.9 Å². The normalized spacial score (nSPS) is 15.9. The summed E-state index contributed by atoms with van der Waals surface area (Å²) in [6, 6.07) is 8.48. The van der Waals surface area contributed by atoms with Gasteiger partial charge in [0.05, 0.1) is 17.6 Å². The summed E-state index contributed by atoms with van der Waals surface area (Å²) in [6.07, 6.45) is 4.04. The van der Waals surface area contributed by atoms with Crippen molar-refractivity contribution in [3.8, 4) is 0 Å². The van der Waals surface area contributed by atoms with Crippen LogP contribution < -0.4 is 0 Å². The lowest BCUT2D eigenvalue weighted by Gasteiger charge is -2.36. The predicted molar refractivity (Wildman–Crippen MR) is 112 cm³/mol. The zero-order valence-electron chi connectivity index (χ0n) is 16.3. The summed E-state index contributed by atoms with van der Waals surface area (Å²) in [5.74, 6) is 2.34. The summed E-state index contributed by atoms with van der Waals surface area (Å²) in [5.41, 5.74) is 2.33. The maximum atomic E-state index is 6.46. The Morgan fingerprint density at radius 1 is 1.24 bits per heavy atom. The number of hydrogen-bond donors (Lipinski definition) is 0. The fourth-order valence-corrected chi connectivity index (χ4v) is 4.68. The number of hydrogen-bond acceptors (Lipinski definition) is 3. The SMILES string of the molecule is CC(C)(C)[Si](C)(C)OCc1nc2ccccc2n1CCCSC1CC1. The molecule has 1 saturated carbocycles.